The van der Waals surface area contributed by atoms with Crippen molar-refractivity contribution in [3.05, 3.63) is 23.3 Å². The molecule has 1 aromatic rings. The molecule has 1 unspecified atom stereocenters. The van der Waals surface area contributed by atoms with Gasteiger partial charge in [0.2, 0.25) is 5.82 Å². The van der Waals surface area contributed by atoms with Crippen molar-refractivity contribution in [3.63, 3.8) is 0 Å². The number of likely N-dealkylation sites (tertiary alicyclic amines) is 1. The summed E-state index contributed by atoms with van der Waals surface area (Å²) >= 11 is 0. The first-order valence-electron chi connectivity index (χ1n) is 7.64. The number of hydrogen-bond donors (Lipinski definition) is 1. The Morgan fingerprint density at radius 2 is 2.04 bits per heavy atom. The number of hydrogen-bond acceptors (Lipinski definition) is 4. The summed E-state index contributed by atoms with van der Waals surface area (Å²) in [6, 6.07) is 0.924. The summed E-state index contributed by atoms with van der Waals surface area (Å²) in [4.78, 5) is 31.5. The van der Waals surface area contributed by atoms with E-state index < -0.39 is 23.9 Å². The molecule has 0 saturated carbocycles. The Balaban J connectivity index is 2.25. The zero-order valence-corrected chi connectivity index (χ0v) is 13.1. The number of carboxylic acid groups (broad SMARTS) is 1. The van der Waals surface area contributed by atoms with Crippen LogP contribution in [0.3, 0.4) is 0 Å². The van der Waals surface area contributed by atoms with E-state index in [1.54, 1.807) is 0 Å². The average molecular weight is 345 g/mol. The highest BCUT2D eigenvalue weighted by atomic mass is 19.4. The number of halogens is 3. The van der Waals surface area contributed by atoms with Crippen LogP contribution in [-0.4, -0.2) is 44.4 Å². The van der Waals surface area contributed by atoms with Gasteiger partial charge < -0.3 is 10.0 Å². The van der Waals surface area contributed by atoms with E-state index in [0.29, 0.717) is 13.0 Å². The maximum Gasteiger partial charge on any atom is 0.451 e. The van der Waals surface area contributed by atoms with Gasteiger partial charge in [0.1, 0.15) is 5.69 Å². The zero-order chi connectivity index (χ0) is 17.9. The van der Waals surface area contributed by atoms with Crippen LogP contribution in [0.15, 0.2) is 6.07 Å². The third-order valence-electron chi connectivity index (χ3n) is 3.91. The Morgan fingerprint density at radius 3 is 2.67 bits per heavy atom. The van der Waals surface area contributed by atoms with Crippen LogP contribution in [0.4, 0.5) is 13.2 Å². The summed E-state index contributed by atoms with van der Waals surface area (Å²) < 4.78 is 38.5. The van der Waals surface area contributed by atoms with E-state index in [9.17, 15) is 22.8 Å². The Bertz CT molecular complexity index is 634. The number of carbonyl (C=O) groups is 2. The number of nitrogens with zero attached hydrogens (tertiary/aromatic N) is 3. The van der Waals surface area contributed by atoms with Crippen molar-refractivity contribution in [2.75, 3.05) is 6.54 Å². The molecule has 2 rings (SSSR count). The molecular formula is C15H18F3N3O3. The first-order valence-corrected chi connectivity index (χ1v) is 7.64. The van der Waals surface area contributed by atoms with Crippen LogP contribution in [0.1, 0.15) is 54.1 Å². The van der Waals surface area contributed by atoms with Crippen molar-refractivity contribution in [2.24, 2.45) is 0 Å². The molecule has 0 radical (unpaired) electrons. The minimum atomic E-state index is -4.73. The Kier molecular flexibility index (Phi) is 5.40. The third kappa shape index (κ3) is 4.42. The highest BCUT2D eigenvalue weighted by molar-refractivity contribution is 5.92. The monoisotopic (exact) mass is 345 g/mol. The molecule has 1 amide bonds. The second-order valence-electron chi connectivity index (χ2n) is 5.80. The number of carboxylic acids is 1. The topological polar surface area (TPSA) is 83.4 Å². The van der Waals surface area contributed by atoms with Crippen LogP contribution >= 0.6 is 0 Å². The molecule has 0 aromatic carbocycles. The molecule has 2 heterocycles. The summed E-state index contributed by atoms with van der Waals surface area (Å²) in [5.74, 6) is -2.92. The second kappa shape index (κ2) is 7.14. The van der Waals surface area contributed by atoms with E-state index in [0.717, 1.165) is 12.8 Å². The van der Waals surface area contributed by atoms with Gasteiger partial charge in [0.05, 0.1) is 0 Å². The van der Waals surface area contributed by atoms with Gasteiger partial charge in [-0.15, -0.1) is 0 Å². The van der Waals surface area contributed by atoms with E-state index in [-0.39, 0.29) is 30.3 Å². The highest BCUT2D eigenvalue weighted by Gasteiger charge is 2.36. The Hall–Kier alpha value is -2.19. The largest absolute Gasteiger partial charge is 0.481 e. The lowest BCUT2D eigenvalue weighted by molar-refractivity contribution is -0.145. The molecule has 1 aliphatic rings. The molecular weight excluding hydrogens is 327 g/mol. The molecule has 0 aliphatic carbocycles. The summed E-state index contributed by atoms with van der Waals surface area (Å²) in [6.45, 7) is 1.75. The fraction of sp³-hybridized carbons (Fsp3) is 0.600. The molecule has 24 heavy (non-hydrogen) atoms. The van der Waals surface area contributed by atoms with E-state index in [4.69, 9.17) is 5.11 Å². The van der Waals surface area contributed by atoms with Gasteiger partial charge in [-0.1, -0.05) is 0 Å². The first-order chi connectivity index (χ1) is 11.2. The molecule has 0 spiro atoms. The Labute approximate surface area is 136 Å². The van der Waals surface area contributed by atoms with E-state index >= 15 is 0 Å². The van der Waals surface area contributed by atoms with Gasteiger partial charge in [0.25, 0.3) is 5.91 Å². The van der Waals surface area contributed by atoms with Crippen molar-refractivity contribution >= 4 is 11.9 Å². The van der Waals surface area contributed by atoms with Crippen molar-refractivity contribution in [3.8, 4) is 0 Å². The maximum absolute atomic E-state index is 12.8. The van der Waals surface area contributed by atoms with Crippen LogP contribution in [0, 0.1) is 6.92 Å². The van der Waals surface area contributed by atoms with Gasteiger partial charge in [-0.25, -0.2) is 9.97 Å². The molecule has 1 aromatic heterocycles. The van der Waals surface area contributed by atoms with Crippen LogP contribution < -0.4 is 0 Å². The second-order valence-corrected chi connectivity index (χ2v) is 5.80. The third-order valence-corrected chi connectivity index (χ3v) is 3.91. The van der Waals surface area contributed by atoms with Crippen LogP contribution in [0.5, 0.6) is 0 Å². The number of aliphatic carboxylic acids is 1. The van der Waals surface area contributed by atoms with Gasteiger partial charge in [0.15, 0.2) is 0 Å². The summed E-state index contributed by atoms with van der Waals surface area (Å²) in [5, 5.41) is 8.80. The summed E-state index contributed by atoms with van der Waals surface area (Å²) in [6.07, 6.45) is -2.33. The number of piperidine rings is 1. The smallest absolute Gasteiger partial charge is 0.451 e. The van der Waals surface area contributed by atoms with Gasteiger partial charge >= 0.3 is 12.1 Å². The molecule has 6 nitrogen and oxygen atoms in total. The lowest BCUT2D eigenvalue weighted by Crippen LogP contribution is -2.44. The molecule has 1 aliphatic heterocycles. The zero-order valence-electron chi connectivity index (χ0n) is 13.1. The molecule has 9 heteroatoms. The minimum absolute atomic E-state index is 0.0553. The Morgan fingerprint density at radius 1 is 1.33 bits per heavy atom. The molecule has 132 valence electrons. The van der Waals surface area contributed by atoms with Crippen LogP contribution in [0.25, 0.3) is 0 Å². The minimum Gasteiger partial charge on any atom is -0.481 e. The van der Waals surface area contributed by atoms with E-state index in [1.165, 1.54) is 17.9 Å². The predicted octanol–water partition coefficient (Wildman–Crippen LogP) is 2.66. The maximum atomic E-state index is 12.8. The first kappa shape index (κ1) is 18.2. The molecule has 1 saturated heterocycles. The molecule has 1 N–H and O–H groups in total. The standard InChI is InChI=1S/C15H18F3N3O3/c1-9-8-11(20-14(19-9)15(16,17)18)13(24)21-7-3-2-4-10(21)5-6-12(22)23/h8,10H,2-7H2,1H3,(H,22,23). The number of alkyl halides is 3. The number of amides is 1. The van der Waals surface area contributed by atoms with Gasteiger partial charge in [0, 0.05) is 24.7 Å². The average Bonchev–Trinajstić information content (AvgIpc) is 2.51. The van der Waals surface area contributed by atoms with Crippen molar-refractivity contribution in [2.45, 2.75) is 51.2 Å². The highest BCUT2D eigenvalue weighted by Crippen LogP contribution is 2.27. The van der Waals surface area contributed by atoms with Gasteiger partial charge in [-0.05, 0) is 38.7 Å². The summed E-state index contributed by atoms with van der Waals surface area (Å²) in [7, 11) is 0. The molecule has 1 atom stereocenters. The van der Waals surface area contributed by atoms with Crippen LogP contribution in [-0.2, 0) is 11.0 Å². The molecule has 1 fully saturated rings. The summed E-state index contributed by atoms with van der Waals surface area (Å²) in [5.41, 5.74) is -0.253. The van der Waals surface area contributed by atoms with Crippen molar-refractivity contribution < 1.29 is 27.9 Å². The predicted molar refractivity (Wildman–Crippen MR) is 77.3 cm³/mol. The van der Waals surface area contributed by atoms with E-state index in [1.807, 2.05) is 0 Å². The van der Waals surface area contributed by atoms with Crippen molar-refractivity contribution in [1.82, 2.24) is 14.9 Å². The van der Waals surface area contributed by atoms with Gasteiger partial charge in [-0.2, -0.15) is 13.2 Å². The lowest BCUT2D eigenvalue weighted by atomic mass is 9.97. The van der Waals surface area contributed by atoms with Crippen LogP contribution in [0.2, 0.25) is 0 Å². The number of rotatable bonds is 4. The quantitative estimate of drug-likeness (QED) is 0.907. The van der Waals surface area contributed by atoms with Crippen molar-refractivity contribution in [1.29, 1.82) is 0 Å². The fourth-order valence-corrected chi connectivity index (χ4v) is 2.81. The number of aryl methyl sites for hydroxylation is 1. The van der Waals surface area contributed by atoms with Gasteiger partial charge in [-0.3, -0.25) is 9.59 Å². The SMILES string of the molecule is Cc1cc(C(=O)N2CCCCC2CCC(=O)O)nc(C(F)(F)F)n1. The normalized spacial score (nSPS) is 18.5. The number of aromatic nitrogens is 2. The molecule has 0 bridgehead atoms. The fourth-order valence-electron chi connectivity index (χ4n) is 2.81. The van der Waals surface area contributed by atoms with E-state index in [2.05, 4.69) is 9.97 Å². The lowest BCUT2D eigenvalue weighted by Gasteiger charge is -2.35. The number of carbonyl (C=O) groups excluding carboxylic acids is 1.